The van der Waals surface area contributed by atoms with Gasteiger partial charge in [0.25, 0.3) is 0 Å². The lowest BCUT2D eigenvalue weighted by molar-refractivity contribution is -0.0511. The van der Waals surface area contributed by atoms with Gasteiger partial charge in [-0.05, 0) is 35.4 Å². The molecule has 3 heterocycles. The van der Waals surface area contributed by atoms with Gasteiger partial charge < -0.3 is 25.4 Å². The fourth-order valence-corrected chi connectivity index (χ4v) is 4.55. The molecule has 5 rings (SSSR count). The minimum atomic E-state index is -1.24. The zero-order chi connectivity index (χ0) is 24.5. The van der Waals surface area contributed by atoms with Crippen LogP contribution in [0.3, 0.4) is 0 Å². The Balaban J connectivity index is 1.43. The van der Waals surface area contributed by atoms with Crippen molar-refractivity contribution in [3.05, 3.63) is 82.4 Å². The highest BCUT2D eigenvalue weighted by molar-refractivity contribution is 6.30. The van der Waals surface area contributed by atoms with E-state index in [1.54, 1.807) is 0 Å². The summed E-state index contributed by atoms with van der Waals surface area (Å²) in [5.74, 6) is 0.477. The van der Waals surface area contributed by atoms with E-state index in [2.05, 4.69) is 20.3 Å². The normalized spacial score (nSPS) is 22.2. The molecule has 2 aromatic heterocycles. The fraction of sp³-hybridized carbons (Fsp3) is 0.292. The molecule has 1 fully saturated rings. The number of aromatic nitrogens is 4. The topological polar surface area (TPSA) is 126 Å². The lowest BCUT2D eigenvalue weighted by Gasteiger charge is -2.20. The van der Waals surface area contributed by atoms with E-state index in [-0.39, 0.29) is 5.92 Å². The Morgan fingerprint density at radius 2 is 1.54 bits per heavy atom. The van der Waals surface area contributed by atoms with E-state index < -0.39 is 31.1 Å². The minimum Gasteiger partial charge on any atom is -0.394 e. The lowest BCUT2D eigenvalue weighted by atomic mass is 9.91. The largest absolute Gasteiger partial charge is 0.394 e. The Bertz CT molecular complexity index is 1260. The first kappa shape index (κ1) is 23.9. The van der Waals surface area contributed by atoms with E-state index in [1.165, 1.54) is 17.2 Å². The van der Waals surface area contributed by atoms with Gasteiger partial charge in [0.1, 0.15) is 24.6 Å². The number of anilines is 1. The Morgan fingerprint density at radius 3 is 2.11 bits per heavy atom. The van der Waals surface area contributed by atoms with E-state index in [1.807, 2.05) is 48.5 Å². The summed E-state index contributed by atoms with van der Waals surface area (Å²) in [6.07, 6.45) is -1.43. The molecule has 0 spiro atoms. The Hall–Kier alpha value is -2.79. The van der Waals surface area contributed by atoms with Crippen molar-refractivity contribution in [1.29, 1.82) is 0 Å². The molecule has 35 heavy (non-hydrogen) atoms. The van der Waals surface area contributed by atoms with Gasteiger partial charge in [0.05, 0.1) is 12.9 Å². The van der Waals surface area contributed by atoms with E-state index in [0.717, 1.165) is 11.1 Å². The molecule has 1 aliphatic heterocycles. The van der Waals surface area contributed by atoms with Crippen molar-refractivity contribution in [2.75, 3.05) is 18.5 Å². The third-order valence-corrected chi connectivity index (χ3v) is 6.67. The highest BCUT2D eigenvalue weighted by Crippen LogP contribution is 2.33. The van der Waals surface area contributed by atoms with Crippen LogP contribution in [-0.4, -0.2) is 66.3 Å². The third kappa shape index (κ3) is 4.71. The monoisotopic (exact) mass is 515 g/mol. The second kappa shape index (κ2) is 10.1. The first-order valence-corrected chi connectivity index (χ1v) is 11.8. The van der Waals surface area contributed by atoms with E-state index in [4.69, 9.17) is 27.9 Å². The number of ether oxygens (including phenoxy) is 1. The van der Waals surface area contributed by atoms with Crippen molar-refractivity contribution in [1.82, 2.24) is 19.5 Å². The highest BCUT2D eigenvalue weighted by Gasteiger charge is 2.44. The summed E-state index contributed by atoms with van der Waals surface area (Å²) in [6, 6.07) is 15.3. The molecule has 2 aromatic carbocycles. The van der Waals surface area contributed by atoms with Crippen LogP contribution in [0.1, 0.15) is 23.3 Å². The molecular formula is C24H23Cl2N5O4. The number of benzene rings is 2. The number of aliphatic hydroxyl groups excluding tert-OH is 3. The Kier molecular flexibility index (Phi) is 6.88. The average Bonchev–Trinajstić information content (AvgIpc) is 3.42. The summed E-state index contributed by atoms with van der Waals surface area (Å²) in [5.41, 5.74) is 3.03. The average molecular weight is 516 g/mol. The first-order chi connectivity index (χ1) is 17.0. The molecular weight excluding hydrogens is 493 g/mol. The Morgan fingerprint density at radius 1 is 0.914 bits per heavy atom. The predicted octanol–water partition coefficient (Wildman–Crippen LogP) is 2.99. The summed E-state index contributed by atoms with van der Waals surface area (Å²) in [4.78, 5) is 13.1. The van der Waals surface area contributed by atoms with Crippen LogP contribution in [0.5, 0.6) is 0 Å². The van der Waals surface area contributed by atoms with Crippen molar-refractivity contribution in [2.24, 2.45) is 0 Å². The maximum absolute atomic E-state index is 10.4. The summed E-state index contributed by atoms with van der Waals surface area (Å²) < 4.78 is 7.16. The van der Waals surface area contributed by atoms with Crippen molar-refractivity contribution in [3.8, 4) is 0 Å². The van der Waals surface area contributed by atoms with Crippen LogP contribution in [0, 0.1) is 0 Å². The molecule has 4 N–H and O–H groups in total. The smallest absolute Gasteiger partial charge is 0.167 e. The van der Waals surface area contributed by atoms with Gasteiger partial charge >= 0.3 is 0 Å². The van der Waals surface area contributed by atoms with Gasteiger partial charge in [-0.2, -0.15) is 0 Å². The molecule has 0 amide bonds. The van der Waals surface area contributed by atoms with E-state index in [0.29, 0.717) is 33.6 Å². The first-order valence-electron chi connectivity index (χ1n) is 11.0. The molecule has 11 heteroatoms. The molecule has 4 aromatic rings. The Labute approximate surface area is 211 Å². The van der Waals surface area contributed by atoms with E-state index in [9.17, 15) is 15.3 Å². The number of rotatable bonds is 7. The molecule has 0 aliphatic carbocycles. The molecule has 0 unspecified atom stereocenters. The van der Waals surface area contributed by atoms with Crippen LogP contribution in [-0.2, 0) is 4.74 Å². The quantitative estimate of drug-likeness (QED) is 0.296. The van der Waals surface area contributed by atoms with Crippen molar-refractivity contribution in [2.45, 2.75) is 30.5 Å². The summed E-state index contributed by atoms with van der Waals surface area (Å²) in [5, 5.41) is 34.6. The van der Waals surface area contributed by atoms with Crippen LogP contribution in [0.2, 0.25) is 10.0 Å². The molecule has 1 saturated heterocycles. The minimum absolute atomic E-state index is 0.0305. The molecule has 0 radical (unpaired) electrons. The number of nitrogens with one attached hydrogen (secondary N) is 1. The van der Waals surface area contributed by atoms with Crippen LogP contribution in [0.15, 0.2) is 61.2 Å². The summed E-state index contributed by atoms with van der Waals surface area (Å²) >= 11 is 12.2. The molecule has 4 atom stereocenters. The van der Waals surface area contributed by atoms with Gasteiger partial charge in [0.2, 0.25) is 0 Å². The van der Waals surface area contributed by atoms with Crippen molar-refractivity contribution in [3.63, 3.8) is 0 Å². The fourth-order valence-electron chi connectivity index (χ4n) is 4.29. The molecule has 1 aliphatic rings. The number of hydrogen-bond donors (Lipinski definition) is 4. The second-order valence-electron chi connectivity index (χ2n) is 8.31. The predicted molar refractivity (Wildman–Crippen MR) is 132 cm³/mol. The SMILES string of the molecule is OC[C@H]1O[C@@H](n2cnc3c(NCC(c4ccc(Cl)cc4)c4ccc(Cl)cc4)ncnc32)[C@H](O)[C@@H]1O. The molecule has 0 saturated carbocycles. The third-order valence-electron chi connectivity index (χ3n) is 6.17. The number of halogens is 2. The molecule has 182 valence electrons. The zero-order valence-electron chi connectivity index (χ0n) is 18.4. The summed E-state index contributed by atoms with van der Waals surface area (Å²) in [7, 11) is 0. The van der Waals surface area contributed by atoms with Gasteiger partial charge in [-0.1, -0.05) is 47.5 Å². The van der Waals surface area contributed by atoms with Crippen LogP contribution in [0.4, 0.5) is 5.82 Å². The highest BCUT2D eigenvalue weighted by atomic mass is 35.5. The van der Waals surface area contributed by atoms with Gasteiger partial charge in [-0.25, -0.2) is 15.0 Å². The van der Waals surface area contributed by atoms with Gasteiger partial charge in [-0.15, -0.1) is 0 Å². The van der Waals surface area contributed by atoms with Crippen LogP contribution < -0.4 is 5.32 Å². The number of hydrogen-bond acceptors (Lipinski definition) is 8. The molecule has 0 bridgehead atoms. The summed E-state index contributed by atoms with van der Waals surface area (Å²) in [6.45, 7) is 0.0794. The lowest BCUT2D eigenvalue weighted by Crippen LogP contribution is -2.33. The van der Waals surface area contributed by atoms with Crippen LogP contribution in [0.25, 0.3) is 11.2 Å². The standard InChI is InChI=1S/C24H23Cl2N5O4/c25-15-5-1-13(2-6-15)17(14-3-7-16(26)8-4-14)9-27-22-19-23(29-11-28-22)31(12-30-19)24-21(34)20(33)18(10-32)35-24/h1-8,11-12,17-18,20-21,24,32-34H,9-10H2,(H,27,28,29)/t18-,20-,21-,24-/m1/s1. The second-order valence-corrected chi connectivity index (χ2v) is 9.18. The maximum Gasteiger partial charge on any atom is 0.167 e. The van der Waals surface area contributed by atoms with Crippen molar-refractivity contribution < 1.29 is 20.1 Å². The maximum atomic E-state index is 10.4. The number of nitrogens with zero attached hydrogens (tertiary/aromatic N) is 4. The van der Waals surface area contributed by atoms with Crippen molar-refractivity contribution >= 4 is 40.2 Å². The molecule has 9 nitrogen and oxygen atoms in total. The van der Waals surface area contributed by atoms with Gasteiger partial charge in [0.15, 0.2) is 23.2 Å². The number of fused-ring (bicyclic) bond motifs is 1. The van der Waals surface area contributed by atoms with Gasteiger partial charge in [-0.3, -0.25) is 4.57 Å². The zero-order valence-corrected chi connectivity index (χ0v) is 19.9. The van der Waals surface area contributed by atoms with Gasteiger partial charge in [0, 0.05) is 22.5 Å². The number of imidazole rings is 1. The van der Waals surface area contributed by atoms with Crippen LogP contribution >= 0.6 is 23.2 Å². The number of aliphatic hydroxyl groups is 3. The van der Waals surface area contributed by atoms with E-state index >= 15 is 0 Å².